The Labute approximate surface area is 148 Å². The van der Waals surface area contributed by atoms with Crippen LogP contribution in [0.3, 0.4) is 0 Å². The Hall–Kier alpha value is -2.38. The summed E-state index contributed by atoms with van der Waals surface area (Å²) in [6, 6.07) is 12.4. The molecule has 0 radical (unpaired) electrons. The third-order valence-corrected chi connectivity index (χ3v) is 5.23. The van der Waals surface area contributed by atoms with E-state index in [0.29, 0.717) is 17.9 Å². The normalized spacial score (nSPS) is 11.2. The molecule has 0 aliphatic heterocycles. The van der Waals surface area contributed by atoms with Crippen LogP contribution in [0.1, 0.15) is 16.7 Å². The summed E-state index contributed by atoms with van der Waals surface area (Å²) in [5.74, 6) is 0.184. The Morgan fingerprint density at radius 3 is 2.52 bits per heavy atom. The molecule has 0 bridgehead atoms. The first-order valence-electron chi connectivity index (χ1n) is 7.78. The van der Waals surface area contributed by atoms with Crippen LogP contribution < -0.4 is 14.8 Å². The van der Waals surface area contributed by atoms with Crippen LogP contribution in [0.4, 0.5) is 0 Å². The largest absolute Gasteiger partial charge is 0.497 e. The van der Waals surface area contributed by atoms with Gasteiger partial charge in [0.25, 0.3) is 0 Å². The summed E-state index contributed by atoms with van der Waals surface area (Å²) in [7, 11) is -2.25. The maximum absolute atomic E-state index is 12.3. The minimum absolute atomic E-state index is 0.125. The summed E-state index contributed by atoms with van der Waals surface area (Å²) in [5.41, 5.74) is 2.61. The van der Waals surface area contributed by atoms with Crippen molar-refractivity contribution in [3.05, 3.63) is 59.2 Å². The number of amides is 1. The molecule has 0 aliphatic rings. The maximum atomic E-state index is 12.3. The first-order valence-corrected chi connectivity index (χ1v) is 9.26. The molecule has 0 saturated carbocycles. The molecular weight excluding hydrogens is 340 g/mol. The number of sulfonamides is 1. The van der Waals surface area contributed by atoms with E-state index < -0.39 is 15.9 Å². The summed E-state index contributed by atoms with van der Waals surface area (Å²) in [6.45, 7) is 3.68. The van der Waals surface area contributed by atoms with Gasteiger partial charge < -0.3 is 10.1 Å². The van der Waals surface area contributed by atoms with Gasteiger partial charge in [-0.15, -0.1) is 0 Å². The molecule has 0 aliphatic carbocycles. The van der Waals surface area contributed by atoms with Gasteiger partial charge in [-0.05, 0) is 43.2 Å². The molecule has 2 rings (SSSR count). The van der Waals surface area contributed by atoms with Gasteiger partial charge in [0.05, 0.1) is 18.6 Å². The van der Waals surface area contributed by atoms with Gasteiger partial charge in [-0.3, -0.25) is 4.79 Å². The Morgan fingerprint density at radius 2 is 1.88 bits per heavy atom. The molecular formula is C18H22N2O4S. The van der Waals surface area contributed by atoms with E-state index in [0.717, 1.165) is 11.1 Å². The van der Waals surface area contributed by atoms with Gasteiger partial charge in [0.15, 0.2) is 0 Å². The standard InChI is InChI=1S/C18H22N2O4S/c1-13-5-4-6-15(9-13)11-19-18(21)12-20-25(22,23)17-8-7-16(24-3)10-14(17)2/h4-10,20H,11-12H2,1-3H3,(H,19,21). The molecule has 1 amide bonds. The number of benzene rings is 2. The van der Waals surface area contributed by atoms with Crippen molar-refractivity contribution in [2.24, 2.45) is 0 Å². The van der Waals surface area contributed by atoms with Crippen LogP contribution in [0, 0.1) is 13.8 Å². The highest BCUT2D eigenvalue weighted by molar-refractivity contribution is 7.89. The third-order valence-electron chi connectivity index (χ3n) is 3.67. The summed E-state index contributed by atoms with van der Waals surface area (Å²) in [5, 5.41) is 2.70. The lowest BCUT2D eigenvalue weighted by atomic mass is 10.1. The van der Waals surface area contributed by atoms with E-state index in [4.69, 9.17) is 4.74 Å². The van der Waals surface area contributed by atoms with Crippen LogP contribution in [0.15, 0.2) is 47.4 Å². The Morgan fingerprint density at radius 1 is 1.12 bits per heavy atom. The first kappa shape index (κ1) is 19.0. The van der Waals surface area contributed by atoms with Gasteiger partial charge >= 0.3 is 0 Å². The monoisotopic (exact) mass is 362 g/mol. The molecule has 7 heteroatoms. The third kappa shape index (κ3) is 5.30. The molecule has 0 heterocycles. The Balaban J connectivity index is 1.94. The molecule has 25 heavy (non-hydrogen) atoms. The van der Waals surface area contributed by atoms with Gasteiger partial charge in [-0.25, -0.2) is 13.1 Å². The smallest absolute Gasteiger partial charge is 0.241 e. The molecule has 0 atom stereocenters. The summed E-state index contributed by atoms with van der Waals surface area (Å²) < 4.78 is 32.1. The van der Waals surface area contributed by atoms with E-state index in [2.05, 4.69) is 10.0 Å². The van der Waals surface area contributed by atoms with Crippen molar-refractivity contribution in [3.8, 4) is 5.75 Å². The molecule has 134 valence electrons. The molecule has 0 spiro atoms. The van der Waals surface area contributed by atoms with E-state index in [9.17, 15) is 13.2 Å². The van der Waals surface area contributed by atoms with E-state index in [1.165, 1.54) is 13.2 Å². The van der Waals surface area contributed by atoms with Crippen molar-refractivity contribution in [3.63, 3.8) is 0 Å². The van der Waals surface area contributed by atoms with Crippen LogP contribution in [0.5, 0.6) is 5.75 Å². The van der Waals surface area contributed by atoms with Crippen molar-refractivity contribution in [1.29, 1.82) is 0 Å². The molecule has 0 fully saturated rings. The van der Waals surface area contributed by atoms with Crippen molar-refractivity contribution in [2.45, 2.75) is 25.3 Å². The van der Waals surface area contributed by atoms with Crippen molar-refractivity contribution >= 4 is 15.9 Å². The fourth-order valence-corrected chi connectivity index (χ4v) is 3.58. The molecule has 2 N–H and O–H groups in total. The van der Waals surface area contributed by atoms with Crippen molar-refractivity contribution in [2.75, 3.05) is 13.7 Å². The Bertz CT molecular complexity index is 863. The number of ether oxygens (including phenoxy) is 1. The number of hydrogen-bond donors (Lipinski definition) is 2. The number of carbonyl (C=O) groups excluding carboxylic acids is 1. The predicted molar refractivity (Wildman–Crippen MR) is 95.9 cm³/mol. The summed E-state index contributed by atoms with van der Waals surface area (Å²) >= 11 is 0. The maximum Gasteiger partial charge on any atom is 0.241 e. The second kappa shape index (κ2) is 8.13. The number of aryl methyl sites for hydroxylation is 2. The van der Waals surface area contributed by atoms with E-state index in [1.54, 1.807) is 19.1 Å². The van der Waals surface area contributed by atoms with Crippen LogP contribution in [-0.2, 0) is 21.4 Å². The number of methoxy groups -OCH3 is 1. The van der Waals surface area contributed by atoms with Gasteiger partial charge in [-0.1, -0.05) is 29.8 Å². The van der Waals surface area contributed by atoms with Crippen molar-refractivity contribution < 1.29 is 17.9 Å². The minimum Gasteiger partial charge on any atom is -0.497 e. The molecule has 6 nitrogen and oxygen atoms in total. The zero-order valence-corrected chi connectivity index (χ0v) is 15.3. The fourth-order valence-electron chi connectivity index (χ4n) is 2.37. The topological polar surface area (TPSA) is 84.5 Å². The lowest BCUT2D eigenvalue weighted by molar-refractivity contribution is -0.120. The summed E-state index contributed by atoms with van der Waals surface area (Å²) in [6.07, 6.45) is 0. The highest BCUT2D eigenvalue weighted by Crippen LogP contribution is 2.20. The quantitative estimate of drug-likeness (QED) is 0.788. The Kier molecular flexibility index (Phi) is 6.17. The lowest BCUT2D eigenvalue weighted by Gasteiger charge is -2.11. The molecule has 0 unspecified atom stereocenters. The van der Waals surface area contributed by atoms with E-state index in [1.807, 2.05) is 31.2 Å². The zero-order valence-electron chi connectivity index (χ0n) is 14.5. The second-order valence-corrected chi connectivity index (χ2v) is 7.46. The average molecular weight is 362 g/mol. The number of nitrogens with one attached hydrogen (secondary N) is 2. The summed E-state index contributed by atoms with van der Waals surface area (Å²) in [4.78, 5) is 12.0. The molecule has 0 aromatic heterocycles. The predicted octanol–water partition coefficient (Wildman–Crippen LogP) is 1.91. The minimum atomic E-state index is -3.77. The number of rotatable bonds is 7. The van der Waals surface area contributed by atoms with Gasteiger partial charge in [0, 0.05) is 6.54 Å². The first-order chi connectivity index (χ1) is 11.8. The van der Waals surface area contributed by atoms with Crippen LogP contribution in [-0.4, -0.2) is 28.0 Å². The SMILES string of the molecule is COc1ccc(S(=O)(=O)NCC(=O)NCc2cccc(C)c2)c(C)c1. The van der Waals surface area contributed by atoms with Crippen molar-refractivity contribution in [1.82, 2.24) is 10.0 Å². The lowest BCUT2D eigenvalue weighted by Crippen LogP contribution is -2.36. The highest BCUT2D eigenvalue weighted by Gasteiger charge is 2.18. The fraction of sp³-hybridized carbons (Fsp3) is 0.278. The van der Waals surface area contributed by atoms with Crippen LogP contribution in [0.25, 0.3) is 0 Å². The molecule has 2 aromatic rings. The van der Waals surface area contributed by atoms with Gasteiger partial charge in [-0.2, -0.15) is 0 Å². The number of carbonyl (C=O) groups is 1. The van der Waals surface area contributed by atoms with E-state index in [-0.39, 0.29) is 11.4 Å². The zero-order chi connectivity index (χ0) is 18.4. The highest BCUT2D eigenvalue weighted by atomic mass is 32.2. The second-order valence-electron chi connectivity index (χ2n) is 5.72. The van der Waals surface area contributed by atoms with Gasteiger partial charge in [0.1, 0.15) is 5.75 Å². The van der Waals surface area contributed by atoms with E-state index >= 15 is 0 Å². The number of hydrogen-bond acceptors (Lipinski definition) is 4. The average Bonchev–Trinajstić information content (AvgIpc) is 2.58. The van der Waals surface area contributed by atoms with Crippen LogP contribution in [0.2, 0.25) is 0 Å². The molecule has 2 aromatic carbocycles. The van der Waals surface area contributed by atoms with Crippen LogP contribution >= 0.6 is 0 Å². The molecule has 0 saturated heterocycles. The van der Waals surface area contributed by atoms with Gasteiger partial charge in [0.2, 0.25) is 15.9 Å².